The number of carbonyl (C=O) groups excluding carboxylic acids is 1. The zero-order valence-electron chi connectivity index (χ0n) is 21.8. The van der Waals surface area contributed by atoms with Gasteiger partial charge in [-0.05, 0) is 80.4 Å². The van der Waals surface area contributed by atoms with Gasteiger partial charge in [0, 0.05) is 12.0 Å². The molecular weight excluding hydrogens is 525 g/mol. The van der Waals surface area contributed by atoms with Crippen molar-refractivity contribution in [2.45, 2.75) is 38.9 Å². The van der Waals surface area contributed by atoms with Gasteiger partial charge in [0.2, 0.25) is 0 Å². The molecule has 0 saturated carbocycles. The Balaban J connectivity index is 1.54. The first-order valence-corrected chi connectivity index (χ1v) is 13.5. The van der Waals surface area contributed by atoms with Gasteiger partial charge in [0.1, 0.15) is 24.7 Å². The van der Waals surface area contributed by atoms with Gasteiger partial charge in [-0.3, -0.25) is 4.79 Å². The first-order valence-electron chi connectivity index (χ1n) is 12.8. The highest BCUT2D eigenvalue weighted by atomic mass is 35.5. The molecule has 0 bridgehead atoms. The molecule has 4 rings (SSSR count). The molecule has 1 aliphatic rings. The van der Waals surface area contributed by atoms with Crippen LogP contribution in [0.3, 0.4) is 0 Å². The molecule has 1 fully saturated rings. The lowest BCUT2D eigenvalue weighted by molar-refractivity contribution is 0.0975. The van der Waals surface area contributed by atoms with E-state index in [4.69, 9.17) is 42.1 Å². The third kappa shape index (κ3) is 7.34. The number of hydrogen-bond acceptors (Lipinski definition) is 6. The predicted molar refractivity (Wildman–Crippen MR) is 150 cm³/mol. The second-order valence-corrected chi connectivity index (χ2v) is 10.0. The summed E-state index contributed by atoms with van der Waals surface area (Å²) >= 11 is 13.5. The van der Waals surface area contributed by atoms with E-state index in [9.17, 15) is 4.79 Å². The number of hydrogen-bond donors (Lipinski definition) is 0. The van der Waals surface area contributed by atoms with Crippen molar-refractivity contribution in [2.24, 2.45) is 0 Å². The molecule has 0 aliphatic carbocycles. The maximum absolute atomic E-state index is 13.2. The lowest BCUT2D eigenvalue weighted by Gasteiger charge is -2.18. The van der Waals surface area contributed by atoms with E-state index < -0.39 is 0 Å². The largest absolute Gasteiger partial charge is 0.497 e. The minimum absolute atomic E-state index is 0.0629. The van der Waals surface area contributed by atoms with E-state index in [0.29, 0.717) is 17.7 Å². The minimum atomic E-state index is -0.0629. The van der Waals surface area contributed by atoms with Crippen molar-refractivity contribution in [3.8, 4) is 23.0 Å². The highest BCUT2D eigenvalue weighted by Crippen LogP contribution is 2.44. The summed E-state index contributed by atoms with van der Waals surface area (Å²) in [5, 5.41) is 0.481. The number of carbonyl (C=O) groups is 1. The summed E-state index contributed by atoms with van der Waals surface area (Å²) in [6.45, 7) is 3.56. The van der Waals surface area contributed by atoms with Crippen LogP contribution in [0.25, 0.3) is 0 Å². The molecule has 1 heterocycles. The number of Topliss-reactive ketones (excluding diaryl/α,β-unsaturated/α-hetero) is 1. The standard InChI is InChI=1S/C30H33Cl2NO5/c1-35-23-11-7-21(8-12-23)19-37-29-26(31)18-25(27(34)6-5-17-33-15-3-4-16-33)28(32)30(29)38-20-22-9-13-24(36-2)14-10-22/h7-14,18H,3-6,15-17,19-20H2,1-2H3. The number of methoxy groups -OCH3 is 2. The van der Waals surface area contributed by atoms with Crippen molar-refractivity contribution < 1.29 is 23.7 Å². The number of ketones is 1. The summed E-state index contributed by atoms with van der Waals surface area (Å²) in [5.41, 5.74) is 2.17. The fourth-order valence-corrected chi connectivity index (χ4v) is 4.96. The Kier molecular flexibility index (Phi) is 10.2. The third-order valence-electron chi connectivity index (χ3n) is 6.59. The van der Waals surface area contributed by atoms with E-state index in [0.717, 1.165) is 48.7 Å². The second kappa shape index (κ2) is 13.7. The molecule has 0 spiro atoms. The van der Waals surface area contributed by atoms with Crippen LogP contribution in [-0.4, -0.2) is 44.5 Å². The van der Waals surface area contributed by atoms with Crippen LogP contribution in [0.15, 0.2) is 54.6 Å². The van der Waals surface area contributed by atoms with E-state index >= 15 is 0 Å². The van der Waals surface area contributed by atoms with Crippen LogP contribution in [0.5, 0.6) is 23.0 Å². The van der Waals surface area contributed by atoms with Gasteiger partial charge in [0.05, 0.1) is 24.3 Å². The van der Waals surface area contributed by atoms with Gasteiger partial charge in [-0.25, -0.2) is 0 Å². The zero-order valence-corrected chi connectivity index (χ0v) is 23.3. The topological polar surface area (TPSA) is 57.2 Å². The van der Waals surface area contributed by atoms with Gasteiger partial charge in [0.25, 0.3) is 0 Å². The monoisotopic (exact) mass is 557 g/mol. The number of nitrogens with zero attached hydrogens (tertiary/aromatic N) is 1. The zero-order chi connectivity index (χ0) is 26.9. The normalized spacial score (nSPS) is 13.4. The molecule has 38 heavy (non-hydrogen) atoms. The molecule has 0 N–H and O–H groups in total. The van der Waals surface area contributed by atoms with Gasteiger partial charge in [-0.15, -0.1) is 0 Å². The highest BCUT2D eigenvalue weighted by molar-refractivity contribution is 6.38. The Morgan fingerprint density at radius 2 is 1.34 bits per heavy atom. The fraction of sp³-hybridized carbons (Fsp3) is 0.367. The molecular formula is C30H33Cl2NO5. The Labute approximate surface area is 234 Å². The average Bonchev–Trinajstić information content (AvgIpc) is 3.46. The first-order chi connectivity index (χ1) is 18.5. The predicted octanol–water partition coefficient (Wildman–Crippen LogP) is 7.23. The van der Waals surface area contributed by atoms with Gasteiger partial charge in [-0.2, -0.15) is 0 Å². The van der Waals surface area contributed by atoms with E-state index in [1.807, 2.05) is 48.5 Å². The molecule has 8 heteroatoms. The molecule has 3 aromatic rings. The second-order valence-electron chi connectivity index (χ2n) is 9.23. The van der Waals surface area contributed by atoms with Crippen molar-refractivity contribution in [1.82, 2.24) is 4.90 Å². The van der Waals surface area contributed by atoms with Crippen LogP contribution in [0.1, 0.15) is 47.2 Å². The van der Waals surface area contributed by atoms with E-state index in [1.54, 1.807) is 20.3 Å². The third-order valence-corrected chi connectivity index (χ3v) is 7.25. The summed E-state index contributed by atoms with van der Waals surface area (Å²) in [4.78, 5) is 15.5. The molecule has 0 amide bonds. The van der Waals surface area contributed by atoms with Crippen LogP contribution in [0.2, 0.25) is 10.0 Å². The van der Waals surface area contributed by atoms with Gasteiger partial charge in [-0.1, -0.05) is 47.5 Å². The van der Waals surface area contributed by atoms with Crippen molar-refractivity contribution >= 4 is 29.0 Å². The highest BCUT2D eigenvalue weighted by Gasteiger charge is 2.23. The molecule has 0 aromatic heterocycles. The molecule has 3 aromatic carbocycles. The van der Waals surface area contributed by atoms with Gasteiger partial charge < -0.3 is 23.8 Å². The van der Waals surface area contributed by atoms with Crippen molar-refractivity contribution in [2.75, 3.05) is 33.9 Å². The van der Waals surface area contributed by atoms with E-state index in [1.165, 1.54) is 12.8 Å². The smallest absolute Gasteiger partial charge is 0.182 e. The number of ether oxygens (including phenoxy) is 4. The van der Waals surface area contributed by atoms with E-state index in [-0.39, 0.29) is 34.8 Å². The van der Waals surface area contributed by atoms with Crippen molar-refractivity contribution in [3.05, 3.63) is 81.3 Å². The van der Waals surface area contributed by atoms with Crippen molar-refractivity contribution in [1.29, 1.82) is 0 Å². The summed E-state index contributed by atoms with van der Waals surface area (Å²) in [6, 6.07) is 16.6. The maximum atomic E-state index is 13.2. The van der Waals surface area contributed by atoms with Crippen LogP contribution >= 0.6 is 23.2 Å². The van der Waals surface area contributed by atoms with Gasteiger partial charge in [0.15, 0.2) is 17.3 Å². The molecule has 202 valence electrons. The summed E-state index contributed by atoms with van der Waals surface area (Å²) < 4.78 is 22.7. The molecule has 0 atom stereocenters. The van der Waals surface area contributed by atoms with Crippen LogP contribution in [0, 0.1) is 0 Å². The minimum Gasteiger partial charge on any atom is -0.497 e. The lowest BCUT2D eigenvalue weighted by atomic mass is 10.1. The first kappa shape index (κ1) is 28.1. The Hall–Kier alpha value is -2.93. The molecule has 6 nitrogen and oxygen atoms in total. The quantitative estimate of drug-likeness (QED) is 0.207. The van der Waals surface area contributed by atoms with Crippen LogP contribution in [-0.2, 0) is 13.2 Å². The SMILES string of the molecule is COc1ccc(COc2c(Cl)cc(C(=O)CCCN3CCCC3)c(Cl)c2OCc2ccc(OC)cc2)cc1. The Bertz CT molecular complexity index is 1210. The molecule has 1 aliphatic heterocycles. The maximum Gasteiger partial charge on any atom is 0.182 e. The van der Waals surface area contributed by atoms with E-state index in [2.05, 4.69) is 4.90 Å². The summed E-state index contributed by atoms with van der Waals surface area (Å²) in [5.74, 6) is 2.00. The average molecular weight is 559 g/mol. The molecule has 0 radical (unpaired) electrons. The summed E-state index contributed by atoms with van der Waals surface area (Å²) in [6.07, 6.45) is 3.60. The van der Waals surface area contributed by atoms with Crippen molar-refractivity contribution in [3.63, 3.8) is 0 Å². The number of halogens is 2. The molecule has 1 saturated heterocycles. The number of likely N-dealkylation sites (tertiary alicyclic amines) is 1. The Morgan fingerprint density at radius 3 is 1.87 bits per heavy atom. The lowest BCUT2D eigenvalue weighted by Crippen LogP contribution is -2.21. The van der Waals surface area contributed by atoms with Gasteiger partial charge >= 0.3 is 0 Å². The van der Waals surface area contributed by atoms with Crippen LogP contribution in [0.4, 0.5) is 0 Å². The Morgan fingerprint density at radius 1 is 0.816 bits per heavy atom. The fourth-order valence-electron chi connectivity index (χ4n) is 4.41. The number of benzene rings is 3. The summed E-state index contributed by atoms with van der Waals surface area (Å²) in [7, 11) is 3.24. The molecule has 0 unspecified atom stereocenters. The number of rotatable bonds is 13. The van der Waals surface area contributed by atoms with Crippen LogP contribution < -0.4 is 18.9 Å².